The second kappa shape index (κ2) is 13.5. The van der Waals surface area contributed by atoms with Crippen LogP contribution in [-0.4, -0.2) is 68.6 Å². The maximum Gasteiger partial charge on any atom is 0.407 e. The van der Waals surface area contributed by atoms with Crippen molar-refractivity contribution in [3.8, 4) is 17.5 Å². The van der Waals surface area contributed by atoms with Crippen molar-refractivity contribution in [1.29, 1.82) is 5.26 Å². The molecule has 0 unspecified atom stereocenters. The molecule has 0 spiro atoms. The largest absolute Gasteiger partial charge is 0.457 e. The van der Waals surface area contributed by atoms with E-state index in [2.05, 4.69) is 32.1 Å². The Labute approximate surface area is 261 Å². The van der Waals surface area contributed by atoms with Crippen molar-refractivity contribution in [3.63, 3.8) is 0 Å². The number of rotatable bonds is 9. The van der Waals surface area contributed by atoms with Crippen LogP contribution in [0.15, 0.2) is 36.7 Å². The molecule has 1 aliphatic carbocycles. The van der Waals surface area contributed by atoms with Crippen molar-refractivity contribution in [1.82, 2.24) is 25.2 Å². The fraction of sp³-hybridized carbons (Fsp3) is 0.500. The van der Waals surface area contributed by atoms with E-state index in [-0.39, 0.29) is 24.2 Å². The number of halogens is 1. The number of anilines is 1. The highest BCUT2D eigenvalue weighted by Gasteiger charge is 2.33. The summed E-state index contributed by atoms with van der Waals surface area (Å²) in [4.78, 5) is 41.5. The van der Waals surface area contributed by atoms with E-state index in [9.17, 15) is 24.0 Å². The van der Waals surface area contributed by atoms with Gasteiger partial charge in [-0.05, 0) is 84.6 Å². The van der Waals surface area contributed by atoms with Crippen LogP contribution in [0.3, 0.4) is 0 Å². The van der Waals surface area contributed by atoms with Crippen molar-refractivity contribution in [3.05, 3.63) is 47.8 Å². The van der Waals surface area contributed by atoms with Crippen molar-refractivity contribution in [2.75, 3.05) is 11.9 Å². The molecule has 1 fully saturated rings. The minimum Gasteiger partial charge on any atom is -0.457 e. The minimum atomic E-state index is -1.65. The third-order valence-electron chi connectivity index (χ3n) is 7.45. The van der Waals surface area contributed by atoms with Crippen LogP contribution in [0.2, 0.25) is 0 Å². The molecule has 0 radical (unpaired) electrons. The van der Waals surface area contributed by atoms with E-state index in [1.165, 1.54) is 33.2 Å². The number of aromatic nitrogens is 3. The summed E-state index contributed by atoms with van der Waals surface area (Å²) >= 11 is 0. The predicted octanol–water partition coefficient (Wildman–Crippen LogP) is 4.93. The minimum absolute atomic E-state index is 0.0133. The predicted molar refractivity (Wildman–Crippen MR) is 165 cm³/mol. The number of hydrogen-bond acceptors (Lipinski definition) is 9. The zero-order chi connectivity index (χ0) is 32.9. The number of nitrogens with zero attached hydrogens (tertiary/aromatic N) is 4. The summed E-state index contributed by atoms with van der Waals surface area (Å²) in [5.41, 5.74) is 1.02. The highest BCUT2D eigenvalue weighted by molar-refractivity contribution is 6.00. The second-order valence-electron chi connectivity index (χ2n) is 12.7. The Morgan fingerprint density at radius 2 is 1.76 bits per heavy atom. The molecule has 1 aliphatic rings. The molecule has 1 atom stereocenters. The number of fused-ring (bicyclic) bond motifs is 1. The van der Waals surface area contributed by atoms with Gasteiger partial charge < -0.3 is 25.4 Å². The maximum absolute atomic E-state index is 15.0. The van der Waals surface area contributed by atoms with E-state index in [4.69, 9.17) is 9.47 Å². The number of alkyl halides is 1. The average molecular weight is 622 g/mol. The highest BCUT2D eigenvalue weighted by Crippen LogP contribution is 2.29. The average Bonchev–Trinajstić information content (AvgIpc) is 3.38. The standard InChI is InChI=1S/C32H40FN7O5/c1-19(41)44-32(5,6)28(33)18-36-29(42)24-17-35-26(27-12-11-23-13-20(15-34)16-37-40(23)27)14-25(24)38-21-7-9-22(10-8-21)39-30(43)45-31(2,3)4/h11-14,16-17,21-22,28H,7-10,18H2,1-6H3,(H,35,38)(H,36,42)(H,39,43)/t21-,22-,28-/m1/s1. The molecule has 0 aromatic carbocycles. The van der Waals surface area contributed by atoms with Gasteiger partial charge in [-0.3, -0.25) is 14.6 Å². The molecule has 13 heteroatoms. The summed E-state index contributed by atoms with van der Waals surface area (Å²) in [6, 6.07) is 9.14. The first-order chi connectivity index (χ1) is 21.1. The van der Waals surface area contributed by atoms with Gasteiger partial charge in [-0.25, -0.2) is 13.7 Å². The lowest BCUT2D eigenvalue weighted by Crippen LogP contribution is -2.45. The van der Waals surface area contributed by atoms with Crippen LogP contribution in [0.25, 0.3) is 16.9 Å². The Hall–Kier alpha value is -4.73. The topological polar surface area (TPSA) is 160 Å². The first-order valence-electron chi connectivity index (χ1n) is 14.9. The molecule has 0 bridgehead atoms. The number of ether oxygens (including phenoxy) is 2. The van der Waals surface area contributed by atoms with Gasteiger partial charge in [0.2, 0.25) is 0 Å². The first kappa shape index (κ1) is 33.2. The summed E-state index contributed by atoms with van der Waals surface area (Å²) in [5, 5.41) is 22.6. The number of carbonyl (C=O) groups is 3. The number of alkyl carbamates (subject to hydrolysis) is 1. The molecule has 1 saturated carbocycles. The highest BCUT2D eigenvalue weighted by atomic mass is 19.1. The molecule has 240 valence electrons. The van der Waals surface area contributed by atoms with Crippen molar-refractivity contribution in [2.45, 2.75) is 96.7 Å². The second-order valence-corrected chi connectivity index (χ2v) is 12.7. The van der Waals surface area contributed by atoms with Crippen molar-refractivity contribution < 1.29 is 28.2 Å². The Morgan fingerprint density at radius 1 is 1.07 bits per heavy atom. The lowest BCUT2D eigenvalue weighted by Gasteiger charge is -2.31. The van der Waals surface area contributed by atoms with Crippen LogP contribution in [0.1, 0.15) is 83.1 Å². The van der Waals surface area contributed by atoms with E-state index in [1.807, 2.05) is 32.9 Å². The molecule has 0 saturated heterocycles. The van der Waals surface area contributed by atoms with Crippen LogP contribution in [0.4, 0.5) is 14.9 Å². The first-order valence-corrected chi connectivity index (χ1v) is 14.9. The van der Waals surface area contributed by atoms with Gasteiger partial charge in [0.05, 0.1) is 46.5 Å². The summed E-state index contributed by atoms with van der Waals surface area (Å²) in [6.45, 7) is 9.15. The molecule has 3 N–H and O–H groups in total. The van der Waals surface area contributed by atoms with Crippen LogP contribution < -0.4 is 16.0 Å². The summed E-state index contributed by atoms with van der Waals surface area (Å²) in [7, 11) is 0. The van der Waals surface area contributed by atoms with Gasteiger partial charge in [0.15, 0.2) is 6.17 Å². The molecule has 12 nitrogen and oxygen atoms in total. The lowest BCUT2D eigenvalue weighted by molar-refractivity contribution is -0.159. The van der Waals surface area contributed by atoms with Crippen LogP contribution in [0.5, 0.6) is 0 Å². The molecule has 2 amide bonds. The van der Waals surface area contributed by atoms with Gasteiger partial charge in [-0.15, -0.1) is 0 Å². The molecular formula is C32H40FN7O5. The Balaban J connectivity index is 1.54. The smallest absolute Gasteiger partial charge is 0.407 e. The zero-order valence-corrected chi connectivity index (χ0v) is 26.4. The van der Waals surface area contributed by atoms with E-state index >= 15 is 0 Å². The van der Waals surface area contributed by atoms with Gasteiger partial charge in [0.1, 0.15) is 17.3 Å². The number of amides is 2. The molecule has 0 aliphatic heterocycles. The lowest BCUT2D eigenvalue weighted by atomic mass is 9.91. The van der Waals surface area contributed by atoms with Crippen LogP contribution in [0, 0.1) is 11.3 Å². The van der Waals surface area contributed by atoms with E-state index in [1.54, 1.807) is 16.6 Å². The Kier molecular flexibility index (Phi) is 9.95. The van der Waals surface area contributed by atoms with Gasteiger partial charge in [-0.2, -0.15) is 10.4 Å². The zero-order valence-electron chi connectivity index (χ0n) is 26.4. The number of pyridine rings is 1. The van der Waals surface area contributed by atoms with Gasteiger partial charge >= 0.3 is 12.1 Å². The molecule has 4 rings (SSSR count). The summed E-state index contributed by atoms with van der Waals surface area (Å²) in [6.07, 6.45) is 3.64. The number of esters is 1. The number of hydrogen-bond donors (Lipinski definition) is 3. The number of nitrogens with one attached hydrogen (secondary N) is 3. The molecule has 3 aromatic heterocycles. The van der Waals surface area contributed by atoms with Crippen LogP contribution >= 0.6 is 0 Å². The van der Waals surface area contributed by atoms with Gasteiger partial charge in [0, 0.05) is 25.2 Å². The van der Waals surface area contributed by atoms with Crippen LogP contribution in [-0.2, 0) is 14.3 Å². The Morgan fingerprint density at radius 3 is 2.40 bits per heavy atom. The van der Waals surface area contributed by atoms with Crippen molar-refractivity contribution in [2.24, 2.45) is 0 Å². The summed E-state index contributed by atoms with van der Waals surface area (Å²) in [5.74, 6) is -1.16. The fourth-order valence-electron chi connectivity index (χ4n) is 5.18. The molecule has 45 heavy (non-hydrogen) atoms. The summed E-state index contributed by atoms with van der Waals surface area (Å²) < 4.78 is 27.1. The number of carbonyl (C=O) groups excluding carboxylic acids is 3. The molecular weight excluding hydrogens is 581 g/mol. The van der Waals surface area contributed by atoms with E-state index in [0.29, 0.717) is 41.0 Å². The fourth-order valence-corrected chi connectivity index (χ4v) is 5.18. The van der Waals surface area contributed by atoms with Crippen molar-refractivity contribution >= 4 is 29.2 Å². The third-order valence-corrected chi connectivity index (χ3v) is 7.45. The normalized spacial score (nSPS) is 17.6. The molecule has 3 heterocycles. The van der Waals surface area contributed by atoms with E-state index in [0.717, 1.165) is 12.8 Å². The number of nitriles is 1. The Bertz CT molecular complexity index is 1600. The van der Waals surface area contributed by atoms with Gasteiger partial charge in [-0.1, -0.05) is 0 Å². The monoisotopic (exact) mass is 621 g/mol. The SMILES string of the molecule is CC(=O)OC(C)(C)[C@H](F)CNC(=O)c1cnc(-c2ccc3cc(C#N)cnn23)cc1N[C@H]1CC[C@H](NC(=O)OC(C)(C)C)CC1. The third kappa shape index (κ3) is 8.68. The van der Waals surface area contributed by atoms with E-state index < -0.39 is 35.3 Å². The maximum atomic E-state index is 15.0. The quantitative estimate of drug-likeness (QED) is 0.282. The molecule has 3 aromatic rings. The van der Waals surface area contributed by atoms with Gasteiger partial charge in [0.25, 0.3) is 5.91 Å².